The van der Waals surface area contributed by atoms with Crippen molar-refractivity contribution in [2.45, 2.75) is 4.90 Å². The maximum atomic E-state index is 12.7. The van der Waals surface area contributed by atoms with Crippen LogP contribution in [0.4, 0.5) is 5.13 Å². The molecule has 10 heteroatoms. The molecular formula is C18H18N4O4S2. The SMILES string of the molecule is O=S(=O)(c1ccc(-c2csc(NN=Cc3ccco3)n2)cc1)N1CCOCC1. The Hall–Kier alpha value is -2.53. The number of morpholine rings is 1. The van der Waals surface area contributed by atoms with Crippen molar-refractivity contribution in [2.75, 3.05) is 31.7 Å². The fraction of sp³-hybridized carbons (Fsp3) is 0.222. The summed E-state index contributed by atoms with van der Waals surface area (Å²) in [6.45, 7) is 1.61. The normalized spacial score (nSPS) is 15.9. The van der Waals surface area contributed by atoms with Gasteiger partial charge in [-0.15, -0.1) is 11.3 Å². The van der Waals surface area contributed by atoms with Gasteiger partial charge in [0, 0.05) is 24.0 Å². The highest BCUT2D eigenvalue weighted by molar-refractivity contribution is 7.89. The number of sulfonamides is 1. The van der Waals surface area contributed by atoms with Crippen molar-refractivity contribution in [2.24, 2.45) is 5.10 Å². The lowest BCUT2D eigenvalue weighted by molar-refractivity contribution is 0.0730. The Morgan fingerprint density at radius 1 is 1.18 bits per heavy atom. The summed E-state index contributed by atoms with van der Waals surface area (Å²) in [5.41, 5.74) is 4.43. The molecule has 4 rings (SSSR count). The second-order valence-electron chi connectivity index (χ2n) is 5.96. The molecule has 8 nitrogen and oxygen atoms in total. The number of hydrazone groups is 1. The molecule has 1 aromatic carbocycles. The first-order valence-corrected chi connectivity index (χ1v) is 10.9. The van der Waals surface area contributed by atoms with Gasteiger partial charge in [0.1, 0.15) is 5.76 Å². The molecular weight excluding hydrogens is 400 g/mol. The minimum absolute atomic E-state index is 0.273. The number of ether oxygens (including phenoxy) is 1. The predicted molar refractivity (Wildman–Crippen MR) is 107 cm³/mol. The second kappa shape index (κ2) is 8.23. The number of rotatable bonds is 6. The number of nitrogens with zero attached hydrogens (tertiary/aromatic N) is 3. The topological polar surface area (TPSA) is 97.0 Å². The third-order valence-electron chi connectivity index (χ3n) is 4.16. The summed E-state index contributed by atoms with van der Waals surface area (Å²) in [5.74, 6) is 0.640. The Balaban J connectivity index is 1.45. The monoisotopic (exact) mass is 418 g/mol. The summed E-state index contributed by atoms with van der Waals surface area (Å²) in [6.07, 6.45) is 3.14. The van der Waals surface area contributed by atoms with Gasteiger partial charge in [-0.05, 0) is 24.3 Å². The molecule has 0 unspecified atom stereocenters. The minimum Gasteiger partial charge on any atom is -0.463 e. The number of hydrogen-bond donors (Lipinski definition) is 1. The maximum absolute atomic E-state index is 12.7. The third kappa shape index (κ3) is 4.14. The highest BCUT2D eigenvalue weighted by Crippen LogP contribution is 2.27. The van der Waals surface area contributed by atoms with Crippen molar-refractivity contribution in [1.82, 2.24) is 9.29 Å². The van der Waals surface area contributed by atoms with Crippen LogP contribution in [0.25, 0.3) is 11.3 Å². The van der Waals surface area contributed by atoms with Crippen molar-refractivity contribution in [3.63, 3.8) is 0 Å². The van der Waals surface area contributed by atoms with E-state index in [1.807, 2.05) is 5.38 Å². The molecule has 3 heterocycles. The zero-order chi connectivity index (χ0) is 19.4. The maximum Gasteiger partial charge on any atom is 0.243 e. The van der Waals surface area contributed by atoms with E-state index in [-0.39, 0.29) is 4.90 Å². The summed E-state index contributed by atoms with van der Waals surface area (Å²) in [5, 5.41) is 6.59. The van der Waals surface area contributed by atoms with Crippen molar-refractivity contribution in [1.29, 1.82) is 0 Å². The van der Waals surface area contributed by atoms with E-state index in [0.717, 1.165) is 11.3 Å². The van der Waals surface area contributed by atoms with Crippen molar-refractivity contribution < 1.29 is 17.6 Å². The van der Waals surface area contributed by atoms with E-state index in [1.54, 1.807) is 48.9 Å². The van der Waals surface area contributed by atoms with E-state index < -0.39 is 10.0 Å². The molecule has 146 valence electrons. The molecule has 0 amide bonds. The summed E-state index contributed by atoms with van der Waals surface area (Å²) >= 11 is 1.41. The first-order valence-electron chi connectivity index (χ1n) is 8.59. The number of aromatic nitrogens is 1. The summed E-state index contributed by atoms with van der Waals surface area (Å²) in [4.78, 5) is 4.74. The van der Waals surface area contributed by atoms with E-state index in [9.17, 15) is 8.42 Å². The number of nitrogens with one attached hydrogen (secondary N) is 1. The fourth-order valence-electron chi connectivity index (χ4n) is 2.71. The van der Waals surface area contributed by atoms with Gasteiger partial charge in [0.2, 0.25) is 15.2 Å². The number of furan rings is 1. The van der Waals surface area contributed by atoms with Gasteiger partial charge in [0.15, 0.2) is 0 Å². The molecule has 0 spiro atoms. The van der Waals surface area contributed by atoms with Gasteiger partial charge in [-0.25, -0.2) is 13.4 Å². The molecule has 28 heavy (non-hydrogen) atoms. The molecule has 0 atom stereocenters. The smallest absolute Gasteiger partial charge is 0.243 e. The molecule has 3 aromatic rings. The van der Waals surface area contributed by atoms with Crippen molar-refractivity contribution in [3.05, 3.63) is 53.8 Å². The van der Waals surface area contributed by atoms with Crippen LogP contribution >= 0.6 is 11.3 Å². The average molecular weight is 419 g/mol. The van der Waals surface area contributed by atoms with Crippen LogP contribution in [0.15, 0.2) is 62.5 Å². The molecule has 1 fully saturated rings. The minimum atomic E-state index is -3.49. The molecule has 0 radical (unpaired) electrons. The standard InChI is InChI=1S/C18H18N4O4S2/c23-28(24,22-7-10-25-11-8-22)16-5-3-14(4-6-16)17-13-27-18(20-17)21-19-12-15-2-1-9-26-15/h1-6,9,12-13H,7-8,10-11H2,(H,20,21). The number of benzene rings is 1. The summed E-state index contributed by atoms with van der Waals surface area (Å²) < 4.78 is 37.2. The number of hydrogen-bond acceptors (Lipinski definition) is 8. The Morgan fingerprint density at radius 3 is 2.68 bits per heavy atom. The van der Waals surface area contributed by atoms with E-state index in [4.69, 9.17) is 9.15 Å². The van der Waals surface area contributed by atoms with Gasteiger partial charge in [-0.2, -0.15) is 9.41 Å². The first-order chi connectivity index (χ1) is 13.6. The van der Waals surface area contributed by atoms with Crippen molar-refractivity contribution in [3.8, 4) is 11.3 Å². The Morgan fingerprint density at radius 2 is 1.96 bits per heavy atom. The van der Waals surface area contributed by atoms with Crippen LogP contribution in [0.2, 0.25) is 0 Å². The zero-order valence-electron chi connectivity index (χ0n) is 14.8. The molecule has 1 aliphatic heterocycles. The van der Waals surface area contributed by atoms with Crippen LogP contribution in [0.1, 0.15) is 5.76 Å². The van der Waals surface area contributed by atoms with Gasteiger partial charge in [-0.1, -0.05) is 12.1 Å². The van der Waals surface area contributed by atoms with Gasteiger partial charge in [0.25, 0.3) is 0 Å². The van der Waals surface area contributed by atoms with Gasteiger partial charge in [-0.3, -0.25) is 5.43 Å². The number of thiazole rings is 1. The second-order valence-corrected chi connectivity index (χ2v) is 8.76. The predicted octanol–water partition coefficient (Wildman–Crippen LogP) is 2.87. The van der Waals surface area contributed by atoms with Crippen LogP contribution in [0, 0.1) is 0 Å². The van der Waals surface area contributed by atoms with E-state index in [1.165, 1.54) is 15.6 Å². The fourth-order valence-corrected chi connectivity index (χ4v) is 4.78. The van der Waals surface area contributed by atoms with Crippen LogP contribution in [0.3, 0.4) is 0 Å². The molecule has 1 saturated heterocycles. The van der Waals surface area contributed by atoms with Crippen molar-refractivity contribution >= 4 is 32.7 Å². The zero-order valence-corrected chi connectivity index (χ0v) is 16.4. The summed E-state index contributed by atoms with van der Waals surface area (Å²) in [7, 11) is -3.49. The lowest BCUT2D eigenvalue weighted by Gasteiger charge is -2.26. The van der Waals surface area contributed by atoms with Crippen LogP contribution in [-0.2, 0) is 14.8 Å². The molecule has 1 N–H and O–H groups in total. The molecule has 0 saturated carbocycles. The van der Waals surface area contributed by atoms with E-state index >= 15 is 0 Å². The molecule has 0 bridgehead atoms. The van der Waals surface area contributed by atoms with Gasteiger partial charge in [0.05, 0.1) is 36.3 Å². The first kappa shape index (κ1) is 18.8. The third-order valence-corrected chi connectivity index (χ3v) is 6.82. The largest absolute Gasteiger partial charge is 0.463 e. The van der Waals surface area contributed by atoms with Gasteiger partial charge < -0.3 is 9.15 Å². The Labute approximate surface area is 166 Å². The average Bonchev–Trinajstić information content (AvgIpc) is 3.41. The van der Waals surface area contributed by atoms with E-state index in [2.05, 4.69) is 15.5 Å². The Kier molecular flexibility index (Phi) is 5.53. The van der Waals surface area contributed by atoms with Gasteiger partial charge >= 0.3 is 0 Å². The summed E-state index contributed by atoms with van der Waals surface area (Å²) in [6, 6.07) is 10.3. The lowest BCUT2D eigenvalue weighted by Crippen LogP contribution is -2.40. The van der Waals surface area contributed by atoms with E-state index in [0.29, 0.717) is 37.2 Å². The van der Waals surface area contributed by atoms with Crippen LogP contribution in [-0.4, -0.2) is 50.2 Å². The Bertz CT molecular complexity index is 1040. The lowest BCUT2D eigenvalue weighted by atomic mass is 10.2. The highest BCUT2D eigenvalue weighted by Gasteiger charge is 2.26. The quantitative estimate of drug-likeness (QED) is 0.488. The van der Waals surface area contributed by atoms with Crippen LogP contribution in [0.5, 0.6) is 0 Å². The molecule has 1 aliphatic rings. The molecule has 2 aromatic heterocycles. The molecule has 0 aliphatic carbocycles. The highest BCUT2D eigenvalue weighted by atomic mass is 32.2. The van der Waals surface area contributed by atoms with Crippen LogP contribution < -0.4 is 5.43 Å². The number of anilines is 1.